The Morgan fingerprint density at radius 3 is 1.95 bits per heavy atom. The van der Waals surface area contributed by atoms with Gasteiger partial charge in [-0.3, -0.25) is 9.69 Å². The van der Waals surface area contributed by atoms with Crippen molar-refractivity contribution in [3.8, 4) is 0 Å². The average Bonchev–Trinajstić information content (AvgIpc) is 3.36. The lowest BCUT2D eigenvalue weighted by atomic mass is 9.84. The number of thioether (sulfide) groups is 2. The van der Waals surface area contributed by atoms with Crippen molar-refractivity contribution in [1.82, 2.24) is 9.88 Å². The van der Waals surface area contributed by atoms with Crippen molar-refractivity contribution >= 4 is 52.1 Å². The molecule has 1 amide bonds. The number of carbonyl (C=O) groups is 2. The van der Waals surface area contributed by atoms with Crippen LogP contribution in [-0.2, 0) is 19.1 Å². The lowest BCUT2D eigenvalue weighted by Gasteiger charge is -2.37. The fourth-order valence-electron chi connectivity index (χ4n) is 4.96. The lowest BCUT2D eigenvalue weighted by molar-refractivity contribution is -0.160. The zero-order valence-electron chi connectivity index (χ0n) is 24.3. The van der Waals surface area contributed by atoms with Gasteiger partial charge in [-0.25, -0.2) is 14.8 Å². The Morgan fingerprint density at radius 2 is 1.47 bits per heavy atom. The van der Waals surface area contributed by atoms with Gasteiger partial charge in [-0.1, -0.05) is 103 Å². The highest BCUT2D eigenvalue weighted by Crippen LogP contribution is 2.49. The van der Waals surface area contributed by atoms with Crippen molar-refractivity contribution in [2.75, 3.05) is 17.2 Å². The van der Waals surface area contributed by atoms with Gasteiger partial charge in [0.2, 0.25) is 5.91 Å². The molecule has 0 unspecified atom stereocenters. The predicted octanol–water partition coefficient (Wildman–Crippen LogP) is 6.66. The molecule has 0 saturated carbocycles. The van der Waals surface area contributed by atoms with Crippen LogP contribution in [0.5, 0.6) is 0 Å². The van der Waals surface area contributed by atoms with E-state index in [1.165, 1.54) is 16.7 Å². The van der Waals surface area contributed by atoms with E-state index >= 15 is 0 Å². The summed E-state index contributed by atoms with van der Waals surface area (Å²) in [5, 5.41) is 0.394. The molecule has 1 fully saturated rings. The predicted molar refractivity (Wildman–Crippen MR) is 176 cm³/mol. The van der Waals surface area contributed by atoms with Gasteiger partial charge in [0.05, 0.1) is 10.5 Å². The number of pyridine rings is 1. The molecular formula is C34H34N4O3S2. The molecule has 0 spiro atoms. The van der Waals surface area contributed by atoms with Crippen LogP contribution >= 0.6 is 23.5 Å². The first-order valence-corrected chi connectivity index (χ1v) is 15.9. The third-order valence-corrected chi connectivity index (χ3v) is 9.38. The second-order valence-corrected chi connectivity index (χ2v) is 13.2. The van der Waals surface area contributed by atoms with Crippen molar-refractivity contribution in [2.45, 2.75) is 37.2 Å². The maximum absolute atomic E-state index is 14.0. The Morgan fingerprint density at radius 1 is 0.930 bits per heavy atom. The molecule has 2 N–H and O–H groups in total. The summed E-state index contributed by atoms with van der Waals surface area (Å²) in [5.41, 5.74) is 8.93. The molecule has 5 rings (SSSR count). The number of carbonyl (C=O) groups excluding carboxylic acids is 2. The molecular weight excluding hydrogens is 577 g/mol. The molecule has 4 aromatic rings. The topological polar surface area (TPSA) is 97.9 Å². The van der Waals surface area contributed by atoms with Crippen LogP contribution in [0, 0.1) is 0 Å². The number of aromatic nitrogens is 1. The van der Waals surface area contributed by atoms with E-state index < -0.39 is 22.4 Å². The molecule has 7 nitrogen and oxygen atoms in total. The van der Waals surface area contributed by atoms with Crippen molar-refractivity contribution in [1.29, 1.82) is 0 Å². The molecule has 0 bridgehead atoms. The van der Waals surface area contributed by atoms with E-state index in [0.717, 1.165) is 16.7 Å². The van der Waals surface area contributed by atoms with Crippen LogP contribution < -0.4 is 5.73 Å². The van der Waals surface area contributed by atoms with Crippen molar-refractivity contribution in [3.05, 3.63) is 126 Å². The molecule has 9 heteroatoms. The summed E-state index contributed by atoms with van der Waals surface area (Å²) in [7, 11) is 0. The van der Waals surface area contributed by atoms with Gasteiger partial charge in [-0.2, -0.15) is 0 Å². The normalized spacial score (nSPS) is 15.5. The fourth-order valence-corrected chi connectivity index (χ4v) is 7.49. The Hall–Kier alpha value is -4.08. The van der Waals surface area contributed by atoms with Gasteiger partial charge < -0.3 is 10.5 Å². The molecule has 1 atom stereocenters. The van der Waals surface area contributed by atoms with Crippen molar-refractivity contribution in [2.24, 2.45) is 4.99 Å². The SMILES string of the molecule is CC(C)(C)OC(=O)[C@H](CSC(c1ccccc1)(c1ccccc1)c1ccccc1)N1C(=O)CSC1=Nc1cccnc1N. The second kappa shape index (κ2) is 13.1. The van der Waals surface area contributed by atoms with Gasteiger partial charge in [0.25, 0.3) is 0 Å². The zero-order chi connectivity index (χ0) is 30.5. The number of nitrogens with two attached hydrogens (primary N) is 1. The summed E-state index contributed by atoms with van der Waals surface area (Å²) in [4.78, 5) is 37.7. The highest BCUT2D eigenvalue weighted by Gasteiger charge is 2.44. The molecule has 1 aromatic heterocycles. The third kappa shape index (κ3) is 6.78. The highest BCUT2D eigenvalue weighted by atomic mass is 32.2. The molecule has 43 heavy (non-hydrogen) atoms. The van der Waals surface area contributed by atoms with Crippen LogP contribution in [0.4, 0.5) is 11.5 Å². The number of nitrogens with zero attached hydrogens (tertiary/aromatic N) is 3. The first-order valence-electron chi connectivity index (χ1n) is 14.0. The van der Waals surface area contributed by atoms with E-state index in [0.29, 0.717) is 10.9 Å². The first kappa shape index (κ1) is 30.4. The van der Waals surface area contributed by atoms with E-state index in [1.54, 1.807) is 30.1 Å². The average molecular weight is 611 g/mol. The number of hydrogen-bond donors (Lipinski definition) is 1. The minimum atomic E-state index is -0.945. The number of rotatable bonds is 9. The van der Waals surface area contributed by atoms with E-state index in [9.17, 15) is 9.59 Å². The van der Waals surface area contributed by atoms with Crippen LogP contribution in [0.2, 0.25) is 0 Å². The molecule has 2 heterocycles. The fraction of sp³-hybridized carbons (Fsp3) is 0.235. The van der Waals surface area contributed by atoms with E-state index in [4.69, 9.17) is 10.5 Å². The van der Waals surface area contributed by atoms with Crippen LogP contribution in [0.1, 0.15) is 37.5 Å². The lowest BCUT2D eigenvalue weighted by Crippen LogP contribution is -2.49. The van der Waals surface area contributed by atoms with Gasteiger partial charge >= 0.3 is 5.97 Å². The summed E-state index contributed by atoms with van der Waals surface area (Å²) in [6.07, 6.45) is 1.58. The number of anilines is 1. The van der Waals surface area contributed by atoms with Crippen LogP contribution in [-0.4, -0.2) is 50.1 Å². The monoisotopic (exact) mass is 610 g/mol. The summed E-state index contributed by atoms with van der Waals surface area (Å²) in [6.45, 7) is 5.47. The van der Waals surface area contributed by atoms with Crippen LogP contribution in [0.25, 0.3) is 0 Å². The first-order chi connectivity index (χ1) is 20.7. The maximum atomic E-state index is 14.0. The van der Waals surface area contributed by atoms with Gasteiger partial charge in [-0.05, 0) is 49.6 Å². The van der Waals surface area contributed by atoms with Gasteiger partial charge in [0, 0.05) is 11.9 Å². The summed E-state index contributed by atoms with van der Waals surface area (Å²) in [5.74, 6) is -0.0708. The number of amidine groups is 1. The number of aliphatic imine (C=N–C) groups is 1. The summed E-state index contributed by atoms with van der Waals surface area (Å²) < 4.78 is 5.23. The molecule has 1 aliphatic rings. The zero-order valence-corrected chi connectivity index (χ0v) is 26.0. The summed E-state index contributed by atoms with van der Waals surface area (Å²) in [6, 6.07) is 33.2. The molecule has 0 radical (unpaired) electrons. The molecule has 1 saturated heterocycles. The Bertz CT molecular complexity index is 1500. The van der Waals surface area contributed by atoms with Gasteiger partial charge in [0.15, 0.2) is 5.17 Å². The van der Waals surface area contributed by atoms with Gasteiger partial charge in [0.1, 0.15) is 23.1 Å². The maximum Gasteiger partial charge on any atom is 0.330 e. The highest BCUT2D eigenvalue weighted by molar-refractivity contribution is 8.15. The van der Waals surface area contributed by atoms with Crippen molar-refractivity contribution in [3.63, 3.8) is 0 Å². The minimum Gasteiger partial charge on any atom is -0.458 e. The van der Waals surface area contributed by atoms with Crippen molar-refractivity contribution < 1.29 is 14.3 Å². The third-order valence-electron chi connectivity index (χ3n) is 6.82. The minimum absolute atomic E-state index is 0.157. The summed E-state index contributed by atoms with van der Waals surface area (Å²) >= 11 is 2.87. The Balaban J connectivity index is 1.63. The number of nitrogen functional groups attached to an aromatic ring is 1. The van der Waals surface area contributed by atoms with Crippen LogP contribution in [0.15, 0.2) is 114 Å². The Kier molecular flexibility index (Phi) is 9.22. The number of benzene rings is 3. The van der Waals surface area contributed by atoms with E-state index in [-0.39, 0.29) is 23.2 Å². The van der Waals surface area contributed by atoms with E-state index in [2.05, 4.69) is 46.4 Å². The quantitative estimate of drug-likeness (QED) is 0.167. The number of hydrogen-bond acceptors (Lipinski definition) is 8. The number of ether oxygens (including phenoxy) is 1. The smallest absolute Gasteiger partial charge is 0.330 e. The number of esters is 1. The number of amides is 1. The molecule has 220 valence electrons. The van der Waals surface area contributed by atoms with E-state index in [1.807, 2.05) is 75.4 Å². The molecule has 3 aromatic carbocycles. The molecule has 0 aliphatic carbocycles. The Labute approximate surface area is 261 Å². The largest absolute Gasteiger partial charge is 0.458 e. The van der Waals surface area contributed by atoms with Crippen LogP contribution in [0.3, 0.4) is 0 Å². The second-order valence-electron chi connectivity index (χ2n) is 11.0. The van der Waals surface area contributed by atoms with Gasteiger partial charge in [-0.15, -0.1) is 11.8 Å². The standard InChI is InChI=1S/C34H34N4O3S2/c1-33(2,3)41-31(40)28(38-29(39)23-42-32(38)37-27-20-13-21-36-30(27)35)22-43-34(24-14-7-4-8-15-24,25-16-9-5-10-17-25)26-18-11-6-12-19-26/h4-21,28H,22-23H2,1-3H3,(H2,35,36)/t28-/m0/s1. The molecule has 1 aliphatic heterocycles.